The van der Waals surface area contributed by atoms with E-state index in [1.165, 1.54) is 11.1 Å². The lowest BCUT2D eigenvalue weighted by Gasteiger charge is -2.20. The lowest BCUT2D eigenvalue weighted by Crippen LogP contribution is -2.35. The molecule has 0 spiro atoms. The molecular formula is C16H21NO3S. The van der Waals surface area contributed by atoms with Gasteiger partial charge >= 0.3 is 5.97 Å². The quantitative estimate of drug-likeness (QED) is 0.908. The first kappa shape index (κ1) is 15.9. The van der Waals surface area contributed by atoms with Gasteiger partial charge in [-0.25, -0.2) is 0 Å². The summed E-state index contributed by atoms with van der Waals surface area (Å²) in [7, 11) is 0. The lowest BCUT2D eigenvalue weighted by atomic mass is 9.90. The predicted octanol–water partition coefficient (Wildman–Crippen LogP) is 2.55. The number of thioether (sulfide) groups is 1. The average Bonchev–Trinajstić information content (AvgIpc) is 2.85. The Morgan fingerprint density at radius 2 is 2.00 bits per heavy atom. The maximum absolute atomic E-state index is 12.1. The summed E-state index contributed by atoms with van der Waals surface area (Å²) in [5.74, 6) is 0.432. The topological polar surface area (TPSA) is 57.6 Å². The fourth-order valence-corrected chi connectivity index (χ4v) is 3.27. The van der Waals surface area contributed by atoms with Gasteiger partial charge in [0.2, 0.25) is 5.91 Å². The maximum Gasteiger partial charge on any atom is 0.311 e. The van der Waals surface area contributed by atoms with E-state index in [9.17, 15) is 14.7 Å². The largest absolute Gasteiger partial charge is 0.481 e. The summed E-state index contributed by atoms with van der Waals surface area (Å²) in [6.45, 7) is 4.63. The zero-order chi connectivity index (χ0) is 15.5. The number of carbonyl (C=O) groups excluding carboxylic acids is 1. The van der Waals surface area contributed by atoms with Gasteiger partial charge in [-0.2, -0.15) is 0 Å². The number of rotatable bonds is 5. The van der Waals surface area contributed by atoms with Crippen LogP contribution in [-0.4, -0.2) is 40.7 Å². The maximum atomic E-state index is 12.1. The van der Waals surface area contributed by atoms with Crippen molar-refractivity contribution in [2.45, 2.75) is 26.0 Å². The van der Waals surface area contributed by atoms with Gasteiger partial charge in [0, 0.05) is 18.8 Å². The molecule has 21 heavy (non-hydrogen) atoms. The number of carboxylic acid groups (broad SMARTS) is 1. The Morgan fingerprint density at radius 3 is 2.57 bits per heavy atom. The first-order valence-corrected chi connectivity index (χ1v) is 8.21. The van der Waals surface area contributed by atoms with Crippen molar-refractivity contribution in [1.82, 2.24) is 4.90 Å². The van der Waals surface area contributed by atoms with Crippen LogP contribution in [0, 0.1) is 12.3 Å². The zero-order valence-electron chi connectivity index (χ0n) is 12.5. The van der Waals surface area contributed by atoms with Crippen LogP contribution in [0.5, 0.6) is 0 Å². The number of nitrogens with zero attached hydrogens (tertiary/aromatic N) is 1. The Labute approximate surface area is 129 Å². The summed E-state index contributed by atoms with van der Waals surface area (Å²) in [4.78, 5) is 25.0. The van der Waals surface area contributed by atoms with Crippen molar-refractivity contribution in [3.63, 3.8) is 0 Å². The molecule has 0 aromatic heterocycles. The molecule has 1 aromatic carbocycles. The van der Waals surface area contributed by atoms with E-state index in [1.54, 1.807) is 23.6 Å². The van der Waals surface area contributed by atoms with Crippen molar-refractivity contribution in [2.75, 3.05) is 18.8 Å². The molecular weight excluding hydrogens is 286 g/mol. The monoisotopic (exact) mass is 307 g/mol. The summed E-state index contributed by atoms with van der Waals surface area (Å²) in [5, 5.41) is 9.18. The molecule has 1 aliphatic heterocycles. The van der Waals surface area contributed by atoms with Crippen LogP contribution in [0.25, 0.3) is 0 Å². The number of aliphatic carboxylic acids is 1. The molecule has 0 radical (unpaired) electrons. The molecule has 2 rings (SSSR count). The van der Waals surface area contributed by atoms with Gasteiger partial charge in [-0.3, -0.25) is 9.59 Å². The zero-order valence-corrected chi connectivity index (χ0v) is 13.3. The molecule has 1 aliphatic rings. The van der Waals surface area contributed by atoms with Crippen LogP contribution in [0.2, 0.25) is 0 Å². The smallest absolute Gasteiger partial charge is 0.311 e. The number of hydrogen-bond donors (Lipinski definition) is 1. The highest BCUT2D eigenvalue weighted by Crippen LogP contribution is 2.30. The fraction of sp³-hybridized carbons (Fsp3) is 0.500. The van der Waals surface area contributed by atoms with E-state index in [2.05, 4.69) is 24.3 Å². The number of hydrogen-bond acceptors (Lipinski definition) is 3. The summed E-state index contributed by atoms with van der Waals surface area (Å²) in [5.41, 5.74) is 1.65. The molecule has 1 atom stereocenters. The van der Waals surface area contributed by atoms with Gasteiger partial charge in [-0.15, -0.1) is 11.8 Å². The number of benzene rings is 1. The first-order chi connectivity index (χ1) is 9.90. The standard InChI is InChI=1S/C16H21NO3S/c1-12-3-5-13(6-4-12)9-21-10-14(18)17-8-7-16(2,11-17)15(19)20/h3-6H,7-11H2,1-2H3,(H,19,20). The number of carboxylic acids is 1. The third-order valence-corrected chi connectivity index (χ3v) is 4.95. The van der Waals surface area contributed by atoms with E-state index in [1.807, 2.05) is 6.92 Å². The van der Waals surface area contributed by atoms with Gasteiger partial charge in [-0.1, -0.05) is 29.8 Å². The number of likely N-dealkylation sites (tertiary alicyclic amines) is 1. The van der Waals surface area contributed by atoms with Crippen LogP contribution in [0.4, 0.5) is 0 Å². The summed E-state index contributed by atoms with van der Waals surface area (Å²) in [6.07, 6.45) is 0.538. The summed E-state index contributed by atoms with van der Waals surface area (Å²) >= 11 is 1.58. The third-order valence-electron chi connectivity index (χ3n) is 3.96. The van der Waals surface area contributed by atoms with Crippen LogP contribution < -0.4 is 0 Å². The Morgan fingerprint density at radius 1 is 1.33 bits per heavy atom. The van der Waals surface area contributed by atoms with Gasteiger partial charge < -0.3 is 10.0 Å². The Hall–Kier alpha value is -1.49. The van der Waals surface area contributed by atoms with Gasteiger partial charge in [0.1, 0.15) is 0 Å². The molecule has 1 aromatic rings. The van der Waals surface area contributed by atoms with Crippen LogP contribution in [-0.2, 0) is 15.3 Å². The van der Waals surface area contributed by atoms with Crippen LogP contribution in [0.1, 0.15) is 24.5 Å². The van der Waals surface area contributed by atoms with E-state index in [0.29, 0.717) is 25.3 Å². The molecule has 4 nitrogen and oxygen atoms in total. The second-order valence-electron chi connectivity index (χ2n) is 5.91. The highest BCUT2D eigenvalue weighted by atomic mass is 32.2. The van der Waals surface area contributed by atoms with Crippen molar-refractivity contribution < 1.29 is 14.7 Å². The Bertz CT molecular complexity index is 529. The minimum atomic E-state index is -0.815. The van der Waals surface area contributed by atoms with Crippen LogP contribution >= 0.6 is 11.8 Å². The second kappa shape index (κ2) is 6.52. The lowest BCUT2D eigenvalue weighted by molar-refractivity contribution is -0.147. The molecule has 5 heteroatoms. The molecule has 0 aliphatic carbocycles. The van der Waals surface area contributed by atoms with E-state index in [-0.39, 0.29) is 5.91 Å². The number of carbonyl (C=O) groups is 2. The summed E-state index contributed by atoms with van der Waals surface area (Å²) in [6, 6.07) is 8.28. The average molecular weight is 307 g/mol. The highest BCUT2D eigenvalue weighted by Gasteiger charge is 2.41. The molecule has 1 amide bonds. The molecule has 1 N–H and O–H groups in total. The normalized spacial score (nSPS) is 21.5. The third kappa shape index (κ3) is 4.00. The fourth-order valence-electron chi connectivity index (χ4n) is 2.38. The van der Waals surface area contributed by atoms with Gasteiger partial charge in [0.15, 0.2) is 0 Å². The van der Waals surface area contributed by atoms with Gasteiger partial charge in [0.05, 0.1) is 11.2 Å². The number of amides is 1. The van der Waals surface area contributed by atoms with Crippen molar-refractivity contribution >= 4 is 23.6 Å². The van der Waals surface area contributed by atoms with Gasteiger partial charge in [0.25, 0.3) is 0 Å². The molecule has 114 valence electrons. The van der Waals surface area contributed by atoms with Crippen LogP contribution in [0.15, 0.2) is 24.3 Å². The van der Waals surface area contributed by atoms with E-state index >= 15 is 0 Å². The Balaban J connectivity index is 1.78. The van der Waals surface area contributed by atoms with Crippen molar-refractivity contribution in [3.05, 3.63) is 35.4 Å². The predicted molar refractivity (Wildman–Crippen MR) is 84.3 cm³/mol. The van der Waals surface area contributed by atoms with Crippen molar-refractivity contribution in [3.8, 4) is 0 Å². The minimum absolute atomic E-state index is 0.0390. The molecule has 1 heterocycles. The number of aryl methyl sites for hydroxylation is 1. The van der Waals surface area contributed by atoms with Crippen molar-refractivity contribution in [2.24, 2.45) is 5.41 Å². The highest BCUT2D eigenvalue weighted by molar-refractivity contribution is 7.99. The Kier molecular flexibility index (Phi) is 4.93. The minimum Gasteiger partial charge on any atom is -0.481 e. The van der Waals surface area contributed by atoms with E-state index in [4.69, 9.17) is 0 Å². The van der Waals surface area contributed by atoms with Crippen LogP contribution in [0.3, 0.4) is 0 Å². The first-order valence-electron chi connectivity index (χ1n) is 7.05. The van der Waals surface area contributed by atoms with Crippen molar-refractivity contribution in [1.29, 1.82) is 0 Å². The molecule has 1 unspecified atom stereocenters. The molecule has 1 saturated heterocycles. The van der Waals surface area contributed by atoms with Gasteiger partial charge in [-0.05, 0) is 25.8 Å². The molecule has 1 fully saturated rings. The van der Waals surface area contributed by atoms with E-state index in [0.717, 1.165) is 5.75 Å². The molecule has 0 bridgehead atoms. The van der Waals surface area contributed by atoms with E-state index < -0.39 is 11.4 Å². The second-order valence-corrected chi connectivity index (χ2v) is 6.90. The summed E-state index contributed by atoms with van der Waals surface area (Å²) < 4.78 is 0. The SMILES string of the molecule is Cc1ccc(CSCC(=O)N2CCC(C)(C(=O)O)C2)cc1. The molecule has 0 saturated carbocycles.